The van der Waals surface area contributed by atoms with E-state index in [9.17, 15) is 9.59 Å². The van der Waals surface area contributed by atoms with Crippen LogP contribution < -0.4 is 26.9 Å². The molecule has 1 aromatic carbocycles. The molecule has 1 aromatic rings. The van der Waals surface area contributed by atoms with Crippen LogP contribution in [0, 0.1) is 5.92 Å². The van der Waals surface area contributed by atoms with Crippen LogP contribution in [0.3, 0.4) is 0 Å². The topological polar surface area (TPSA) is 91.4 Å². The van der Waals surface area contributed by atoms with Gasteiger partial charge in [0, 0.05) is 0 Å². The van der Waals surface area contributed by atoms with Crippen LogP contribution >= 0.6 is 0 Å². The quantitative estimate of drug-likeness (QED) is 0.534. The van der Waals surface area contributed by atoms with Crippen molar-refractivity contribution in [2.75, 3.05) is 13.1 Å². The average molecular weight is 504 g/mol. The number of nitrogens with zero attached hydrogens (tertiary/aromatic N) is 4. The van der Waals surface area contributed by atoms with Gasteiger partial charge < -0.3 is 0 Å². The first-order valence-corrected chi connectivity index (χ1v) is 12.1. The monoisotopic (exact) mass is 504 g/mol. The molecule has 0 saturated carbocycles. The zero-order valence-electron chi connectivity index (χ0n) is 15.9. The van der Waals surface area contributed by atoms with Crippen molar-refractivity contribution < 1.29 is 30.8 Å². The third-order valence-electron chi connectivity index (χ3n) is 5.37. The van der Waals surface area contributed by atoms with Gasteiger partial charge in [0.05, 0.1) is 0 Å². The van der Waals surface area contributed by atoms with Crippen molar-refractivity contribution >= 4 is 24.2 Å². The van der Waals surface area contributed by atoms with Crippen LogP contribution in [0.25, 0.3) is 0 Å². The van der Waals surface area contributed by atoms with Gasteiger partial charge in [0.1, 0.15) is 0 Å². The molecule has 4 rings (SSSR count). The van der Waals surface area contributed by atoms with E-state index in [2.05, 4.69) is 31.2 Å². The number of carbonyl (C=O) groups excluding carboxylic acids is 2. The van der Waals surface area contributed by atoms with E-state index in [-0.39, 0.29) is 17.9 Å². The third-order valence-corrected chi connectivity index (χ3v) is 7.32. The Morgan fingerprint density at radius 1 is 1.10 bits per heavy atom. The minimum absolute atomic E-state index is 0.000980. The molecule has 8 heteroatoms. The fourth-order valence-electron chi connectivity index (χ4n) is 3.74. The van der Waals surface area contributed by atoms with E-state index in [1.807, 2.05) is 28.5 Å². The molecular weight excluding hydrogens is 481 g/mol. The van der Waals surface area contributed by atoms with Crippen LogP contribution in [-0.4, -0.2) is 47.2 Å². The number of hydrogen-bond donors (Lipinski definition) is 1. The Balaban J connectivity index is 1.37. The Morgan fingerprint density at radius 3 is 2.59 bits per heavy atom. The molecule has 0 unspecified atom stereocenters. The summed E-state index contributed by atoms with van der Waals surface area (Å²) < 4.78 is 3.99. The van der Waals surface area contributed by atoms with E-state index in [1.165, 1.54) is 0 Å². The summed E-state index contributed by atoms with van der Waals surface area (Å²) in [6.07, 6.45) is 5.70. The van der Waals surface area contributed by atoms with Crippen molar-refractivity contribution in [3.63, 3.8) is 0 Å². The number of rotatable bonds is 4. The number of nitrogens with two attached hydrogens (primary N) is 1. The molecule has 152 valence electrons. The summed E-state index contributed by atoms with van der Waals surface area (Å²) in [6.45, 7) is 1.53. The summed E-state index contributed by atoms with van der Waals surface area (Å²) in [7, 11) is 0. The van der Waals surface area contributed by atoms with E-state index >= 15 is 0 Å². The number of hydrazone groups is 1. The van der Waals surface area contributed by atoms with Gasteiger partial charge in [-0.05, 0) is 0 Å². The maximum atomic E-state index is 13.1. The number of primary amides is 1. The van der Waals surface area contributed by atoms with Crippen molar-refractivity contribution in [1.29, 1.82) is 0 Å². The molecule has 7 nitrogen and oxygen atoms in total. The van der Waals surface area contributed by atoms with Crippen molar-refractivity contribution in [3.05, 3.63) is 55.5 Å². The molecule has 0 spiro atoms. The molecule has 0 aliphatic carbocycles. The Labute approximate surface area is 180 Å². The van der Waals surface area contributed by atoms with Gasteiger partial charge >= 0.3 is 174 Å². The van der Waals surface area contributed by atoms with Gasteiger partial charge in [-0.3, -0.25) is 0 Å². The van der Waals surface area contributed by atoms with Crippen LogP contribution in [0.15, 0.2) is 60.0 Å². The first-order valence-electron chi connectivity index (χ1n) is 9.65. The molecule has 0 radical (unpaired) electrons. The number of likely N-dealkylation sites (tertiary alicyclic amines) is 1. The summed E-state index contributed by atoms with van der Waals surface area (Å²) in [5.41, 5.74) is 6.95. The molecule has 2 amide bonds. The molecule has 0 aromatic heterocycles. The SMILES string of the molecule is NC(=O)C1=C[I-]C=C(N2CCC(C(=O)N3N=CC[C@H]3c3ccccc3)CC2)N=C1. The van der Waals surface area contributed by atoms with Crippen LogP contribution in [0.4, 0.5) is 0 Å². The number of piperidine rings is 1. The molecule has 1 atom stereocenters. The molecule has 1 saturated heterocycles. The summed E-state index contributed by atoms with van der Waals surface area (Å²) in [6, 6.07) is 10.1. The molecule has 3 aliphatic rings. The van der Waals surface area contributed by atoms with Gasteiger partial charge in [-0.25, -0.2) is 0 Å². The van der Waals surface area contributed by atoms with E-state index in [0.29, 0.717) is 5.57 Å². The van der Waals surface area contributed by atoms with Crippen LogP contribution in [0.2, 0.25) is 0 Å². The van der Waals surface area contributed by atoms with Gasteiger partial charge in [0.2, 0.25) is 0 Å². The molecule has 1 fully saturated rings. The number of amides is 2. The molecular formula is C21H23IN5O2-. The number of benzene rings is 1. The molecule has 29 heavy (non-hydrogen) atoms. The van der Waals surface area contributed by atoms with Crippen LogP contribution in [0.5, 0.6) is 0 Å². The standard InChI is InChI=1S/C21H23IN5O2/c23-20(28)17-12-22-13-19(24-14-17)26-10-7-16(8-11-26)21(29)27-18(6-9-25-27)15-4-2-1-3-5-15/h1-5,9,12-14,16,18H,6-8,10-11H2,(H2,23,28)/q-1/t18-/m0/s1. The number of carbonyl (C=O) groups is 2. The fourth-order valence-corrected chi connectivity index (χ4v) is 5.65. The second kappa shape index (κ2) is 8.89. The third kappa shape index (κ3) is 4.42. The zero-order valence-corrected chi connectivity index (χ0v) is 18.1. The van der Waals surface area contributed by atoms with E-state index in [4.69, 9.17) is 5.73 Å². The minimum atomic E-state index is -0.438. The fraction of sp³-hybridized carbons (Fsp3) is 0.333. The predicted octanol–water partition coefficient (Wildman–Crippen LogP) is -1.00. The van der Waals surface area contributed by atoms with Crippen LogP contribution in [-0.2, 0) is 9.59 Å². The average Bonchev–Trinajstić information content (AvgIpc) is 3.11. The number of hydrogen-bond acceptors (Lipinski definition) is 5. The number of aliphatic imine (C=N–C) groups is 1. The van der Waals surface area contributed by atoms with Gasteiger partial charge in [-0.1, -0.05) is 6.07 Å². The first-order chi connectivity index (χ1) is 14.1. The Kier molecular flexibility index (Phi) is 6.08. The normalized spacial score (nSPS) is 22.6. The summed E-state index contributed by atoms with van der Waals surface area (Å²) in [4.78, 5) is 31.1. The predicted molar refractivity (Wildman–Crippen MR) is 107 cm³/mol. The van der Waals surface area contributed by atoms with E-state index in [1.54, 1.807) is 11.2 Å². The summed E-state index contributed by atoms with van der Waals surface area (Å²) in [5, 5.41) is 6.05. The number of halogens is 1. The van der Waals surface area contributed by atoms with Crippen molar-refractivity contribution in [2.45, 2.75) is 25.3 Å². The van der Waals surface area contributed by atoms with Crippen molar-refractivity contribution in [3.8, 4) is 0 Å². The van der Waals surface area contributed by atoms with Gasteiger partial charge in [0.25, 0.3) is 0 Å². The van der Waals surface area contributed by atoms with E-state index < -0.39 is 27.1 Å². The Bertz CT molecular complexity index is 901. The first kappa shape index (κ1) is 19.8. The zero-order chi connectivity index (χ0) is 20.2. The van der Waals surface area contributed by atoms with Crippen molar-refractivity contribution in [1.82, 2.24) is 9.91 Å². The second-order valence-electron chi connectivity index (χ2n) is 7.18. The van der Waals surface area contributed by atoms with Gasteiger partial charge in [-0.2, -0.15) is 0 Å². The van der Waals surface area contributed by atoms with Gasteiger partial charge in [-0.15, -0.1) is 0 Å². The Morgan fingerprint density at radius 2 is 1.86 bits per heavy atom. The van der Waals surface area contributed by atoms with E-state index in [0.717, 1.165) is 43.7 Å². The second-order valence-corrected chi connectivity index (χ2v) is 9.15. The molecule has 0 bridgehead atoms. The van der Waals surface area contributed by atoms with Crippen LogP contribution in [0.1, 0.15) is 30.9 Å². The summed E-state index contributed by atoms with van der Waals surface area (Å²) >= 11 is -0.404. The van der Waals surface area contributed by atoms with Crippen molar-refractivity contribution in [2.24, 2.45) is 21.7 Å². The van der Waals surface area contributed by atoms with Gasteiger partial charge in [0.15, 0.2) is 0 Å². The maximum absolute atomic E-state index is 13.1. The molecule has 3 aliphatic heterocycles. The Hall–Kier alpha value is -2.49. The molecule has 2 N–H and O–H groups in total. The summed E-state index contributed by atoms with van der Waals surface area (Å²) in [5.74, 6) is 0.525. The molecule has 3 heterocycles.